The van der Waals surface area contributed by atoms with Crippen molar-refractivity contribution in [3.8, 4) is 0 Å². The predicted molar refractivity (Wildman–Crippen MR) is 107 cm³/mol. The lowest BCUT2D eigenvalue weighted by Gasteiger charge is -2.32. The molecule has 2 amide bonds. The molecule has 1 aromatic heterocycles. The molecule has 1 heterocycles. The molecule has 0 aliphatic heterocycles. The van der Waals surface area contributed by atoms with Gasteiger partial charge in [-0.3, -0.25) is 9.59 Å². The summed E-state index contributed by atoms with van der Waals surface area (Å²) in [5, 5.41) is 8.67. The molecular weight excluding hydrogens is 376 g/mol. The minimum absolute atomic E-state index is 0.160. The Morgan fingerprint density at radius 1 is 1.25 bits per heavy atom. The van der Waals surface area contributed by atoms with Crippen molar-refractivity contribution in [1.29, 1.82) is 0 Å². The minimum Gasteiger partial charge on any atom is -0.383 e. The van der Waals surface area contributed by atoms with E-state index in [0.29, 0.717) is 6.61 Å². The van der Waals surface area contributed by atoms with Crippen molar-refractivity contribution < 1.29 is 14.3 Å². The summed E-state index contributed by atoms with van der Waals surface area (Å²) < 4.78 is 8.99. The maximum absolute atomic E-state index is 13.3. The topological polar surface area (TPSA) is 84.4 Å². The molecule has 0 radical (unpaired) electrons. The van der Waals surface area contributed by atoms with Crippen LogP contribution in [0.1, 0.15) is 54.2 Å². The van der Waals surface area contributed by atoms with Gasteiger partial charge in [-0.05, 0) is 29.9 Å². The summed E-state index contributed by atoms with van der Waals surface area (Å²) in [5.74, 6) is -0.482. The van der Waals surface area contributed by atoms with E-state index in [9.17, 15) is 9.59 Å². The van der Waals surface area contributed by atoms with E-state index in [1.54, 1.807) is 12.5 Å². The second kappa shape index (κ2) is 10.3. The minimum atomic E-state index is -0.743. The van der Waals surface area contributed by atoms with E-state index in [4.69, 9.17) is 4.74 Å². The molecule has 1 aromatic carbocycles. The Hall–Kier alpha value is -2.32. The van der Waals surface area contributed by atoms with Crippen molar-refractivity contribution in [1.82, 2.24) is 19.8 Å². The zero-order valence-corrected chi connectivity index (χ0v) is 16.9. The summed E-state index contributed by atoms with van der Waals surface area (Å²) in [7, 11) is 1.58. The Bertz CT molecular complexity index is 748. The second-order valence-electron chi connectivity index (χ2n) is 6.94. The van der Waals surface area contributed by atoms with Crippen LogP contribution in [0.25, 0.3) is 0 Å². The lowest BCUT2D eigenvalue weighted by atomic mass is 9.94. The molecule has 0 bridgehead atoms. The van der Waals surface area contributed by atoms with Crippen LogP contribution in [-0.4, -0.2) is 52.6 Å². The molecular formula is C20H26N4O3S. The van der Waals surface area contributed by atoms with E-state index in [1.807, 2.05) is 30.3 Å². The van der Waals surface area contributed by atoms with Crippen molar-refractivity contribution in [2.45, 2.75) is 44.2 Å². The number of hydrogen-bond acceptors (Lipinski definition) is 6. The van der Waals surface area contributed by atoms with Crippen LogP contribution in [-0.2, 0) is 9.53 Å². The predicted octanol–water partition coefficient (Wildman–Crippen LogP) is 2.82. The van der Waals surface area contributed by atoms with Crippen molar-refractivity contribution >= 4 is 23.3 Å². The van der Waals surface area contributed by atoms with Crippen LogP contribution in [0.2, 0.25) is 0 Å². The van der Waals surface area contributed by atoms with Crippen LogP contribution >= 0.6 is 11.5 Å². The fourth-order valence-corrected chi connectivity index (χ4v) is 4.01. The number of aromatic nitrogens is 2. The first-order valence-electron chi connectivity index (χ1n) is 9.63. The maximum atomic E-state index is 13.3. The van der Waals surface area contributed by atoms with Gasteiger partial charge in [-0.15, -0.1) is 5.10 Å². The Morgan fingerprint density at radius 3 is 2.64 bits per heavy atom. The summed E-state index contributed by atoms with van der Waals surface area (Å²) in [6.07, 6.45) is 5.42. The average Bonchev–Trinajstić information content (AvgIpc) is 3.27. The van der Waals surface area contributed by atoms with Crippen LogP contribution in [0, 0.1) is 0 Å². The highest BCUT2D eigenvalue weighted by Crippen LogP contribution is 2.25. The number of methoxy groups -OCH3 is 1. The number of hydrogen-bond donors (Lipinski definition) is 1. The van der Waals surface area contributed by atoms with Crippen LogP contribution in [0.4, 0.5) is 0 Å². The van der Waals surface area contributed by atoms with Crippen LogP contribution in [0.5, 0.6) is 0 Å². The van der Waals surface area contributed by atoms with Crippen molar-refractivity contribution in [3.05, 3.63) is 47.0 Å². The molecule has 1 aliphatic rings. The smallest absolute Gasteiger partial charge is 0.276 e. The molecule has 2 aromatic rings. The molecule has 1 atom stereocenters. The van der Waals surface area contributed by atoms with Gasteiger partial charge in [-0.25, -0.2) is 0 Å². The third-order valence-corrected chi connectivity index (χ3v) is 5.51. The van der Waals surface area contributed by atoms with Gasteiger partial charge in [-0.2, -0.15) is 0 Å². The van der Waals surface area contributed by atoms with Gasteiger partial charge in [0.2, 0.25) is 5.91 Å². The largest absolute Gasteiger partial charge is 0.383 e. The number of benzene rings is 1. The summed E-state index contributed by atoms with van der Waals surface area (Å²) in [5.41, 5.74) is 1.01. The Labute approximate surface area is 169 Å². The SMILES string of the molecule is COCCN(C(=O)c1csnn1)[C@@H](C(=O)NC1CCCCC1)c1ccccc1. The second-order valence-corrected chi connectivity index (χ2v) is 7.55. The molecule has 1 N–H and O–H groups in total. The van der Waals surface area contributed by atoms with Gasteiger partial charge >= 0.3 is 0 Å². The van der Waals surface area contributed by atoms with E-state index in [2.05, 4.69) is 14.9 Å². The first-order valence-corrected chi connectivity index (χ1v) is 10.5. The monoisotopic (exact) mass is 402 g/mol. The van der Waals surface area contributed by atoms with Gasteiger partial charge in [0.05, 0.1) is 6.61 Å². The molecule has 1 aliphatic carbocycles. The number of amides is 2. The van der Waals surface area contributed by atoms with Gasteiger partial charge in [0.25, 0.3) is 5.91 Å². The zero-order valence-electron chi connectivity index (χ0n) is 16.0. The standard InChI is InChI=1S/C20H26N4O3S/c1-27-13-12-24(20(26)17-14-28-23-22-17)18(15-8-4-2-5-9-15)19(25)21-16-10-6-3-7-11-16/h2,4-5,8-9,14,16,18H,3,6-7,10-13H2,1H3,(H,21,25)/t18-/m1/s1. The van der Waals surface area contributed by atoms with E-state index >= 15 is 0 Å². The summed E-state index contributed by atoms with van der Waals surface area (Å²) >= 11 is 1.11. The quantitative estimate of drug-likeness (QED) is 0.734. The molecule has 1 saturated carbocycles. The number of nitrogens with zero attached hydrogens (tertiary/aromatic N) is 3. The molecule has 0 unspecified atom stereocenters. The maximum Gasteiger partial charge on any atom is 0.276 e. The highest BCUT2D eigenvalue weighted by molar-refractivity contribution is 7.03. The molecule has 1 fully saturated rings. The van der Waals surface area contributed by atoms with Gasteiger partial charge in [-0.1, -0.05) is 54.1 Å². The Morgan fingerprint density at radius 2 is 2.00 bits per heavy atom. The van der Waals surface area contributed by atoms with Crippen molar-refractivity contribution in [2.75, 3.05) is 20.3 Å². The van der Waals surface area contributed by atoms with Gasteiger partial charge in [0.1, 0.15) is 6.04 Å². The number of carbonyl (C=O) groups is 2. The van der Waals surface area contributed by atoms with E-state index in [1.165, 1.54) is 11.3 Å². The first-order chi connectivity index (χ1) is 13.7. The zero-order chi connectivity index (χ0) is 19.8. The van der Waals surface area contributed by atoms with E-state index in [0.717, 1.165) is 42.8 Å². The highest BCUT2D eigenvalue weighted by atomic mass is 32.1. The Kier molecular flexibility index (Phi) is 7.50. The molecule has 3 rings (SSSR count). The highest BCUT2D eigenvalue weighted by Gasteiger charge is 2.34. The van der Waals surface area contributed by atoms with Crippen LogP contribution in [0.3, 0.4) is 0 Å². The average molecular weight is 403 g/mol. The van der Waals surface area contributed by atoms with Crippen LogP contribution in [0.15, 0.2) is 35.7 Å². The molecule has 28 heavy (non-hydrogen) atoms. The van der Waals surface area contributed by atoms with Crippen LogP contribution < -0.4 is 5.32 Å². The normalized spacial score (nSPS) is 15.8. The molecule has 0 saturated heterocycles. The van der Waals surface area contributed by atoms with E-state index in [-0.39, 0.29) is 30.1 Å². The molecule has 150 valence electrons. The third kappa shape index (κ3) is 5.14. The third-order valence-electron chi connectivity index (χ3n) is 5.00. The molecule has 7 nitrogen and oxygen atoms in total. The summed E-state index contributed by atoms with van der Waals surface area (Å²) in [6, 6.07) is 8.81. The first kappa shape index (κ1) is 20.4. The number of ether oxygens (including phenoxy) is 1. The van der Waals surface area contributed by atoms with Gasteiger partial charge in [0.15, 0.2) is 5.69 Å². The lowest BCUT2D eigenvalue weighted by Crippen LogP contribution is -2.48. The van der Waals surface area contributed by atoms with Crippen molar-refractivity contribution in [2.24, 2.45) is 0 Å². The number of nitrogens with one attached hydrogen (secondary N) is 1. The molecule has 0 spiro atoms. The van der Waals surface area contributed by atoms with Gasteiger partial charge < -0.3 is 15.0 Å². The molecule has 8 heteroatoms. The summed E-state index contributed by atoms with van der Waals surface area (Å²) in [6.45, 7) is 0.605. The Balaban J connectivity index is 1.89. The lowest BCUT2D eigenvalue weighted by molar-refractivity contribution is -0.127. The number of carbonyl (C=O) groups excluding carboxylic acids is 2. The van der Waals surface area contributed by atoms with Crippen molar-refractivity contribution in [3.63, 3.8) is 0 Å². The van der Waals surface area contributed by atoms with E-state index < -0.39 is 6.04 Å². The number of rotatable bonds is 8. The summed E-state index contributed by atoms with van der Waals surface area (Å²) in [4.78, 5) is 28.0. The fourth-order valence-electron chi connectivity index (χ4n) is 3.58. The fraction of sp³-hybridized carbons (Fsp3) is 0.500. The van der Waals surface area contributed by atoms with Gasteiger partial charge in [0, 0.05) is 25.1 Å².